The summed E-state index contributed by atoms with van der Waals surface area (Å²) in [6, 6.07) is 2.16. The number of aromatic nitrogens is 2. The van der Waals surface area contributed by atoms with Crippen molar-refractivity contribution in [1.82, 2.24) is 9.97 Å². The molecular formula is C15H25N3. The third-order valence-electron chi connectivity index (χ3n) is 3.79. The van der Waals surface area contributed by atoms with Gasteiger partial charge in [-0.25, -0.2) is 9.97 Å². The predicted octanol–water partition coefficient (Wildman–Crippen LogP) is 3.22. The molecule has 18 heavy (non-hydrogen) atoms. The van der Waals surface area contributed by atoms with Crippen molar-refractivity contribution in [2.24, 2.45) is 11.8 Å². The molecule has 3 heteroatoms. The van der Waals surface area contributed by atoms with Crippen molar-refractivity contribution in [2.45, 2.75) is 47.0 Å². The second kappa shape index (κ2) is 5.68. The summed E-state index contributed by atoms with van der Waals surface area (Å²) in [5, 5.41) is 0. The molecule has 0 saturated carbocycles. The maximum absolute atomic E-state index is 4.62. The number of rotatable bonds is 2. The van der Waals surface area contributed by atoms with E-state index in [0.29, 0.717) is 0 Å². The van der Waals surface area contributed by atoms with Crippen LogP contribution in [0.5, 0.6) is 0 Å². The molecule has 2 rings (SSSR count). The Kier molecular flexibility index (Phi) is 4.20. The topological polar surface area (TPSA) is 29.0 Å². The van der Waals surface area contributed by atoms with Crippen LogP contribution >= 0.6 is 0 Å². The van der Waals surface area contributed by atoms with E-state index >= 15 is 0 Å². The van der Waals surface area contributed by atoms with Crippen LogP contribution in [0.2, 0.25) is 0 Å². The quantitative estimate of drug-likeness (QED) is 0.803. The highest BCUT2D eigenvalue weighted by Crippen LogP contribution is 2.24. The Balaban J connectivity index is 2.21. The van der Waals surface area contributed by atoms with Gasteiger partial charge in [-0.3, -0.25) is 0 Å². The van der Waals surface area contributed by atoms with Crippen molar-refractivity contribution in [3.05, 3.63) is 17.6 Å². The summed E-state index contributed by atoms with van der Waals surface area (Å²) >= 11 is 0. The van der Waals surface area contributed by atoms with Crippen molar-refractivity contribution in [1.29, 1.82) is 0 Å². The van der Waals surface area contributed by atoms with Gasteiger partial charge in [0.15, 0.2) is 0 Å². The van der Waals surface area contributed by atoms with Gasteiger partial charge in [0.1, 0.15) is 11.6 Å². The molecule has 2 heterocycles. The van der Waals surface area contributed by atoms with Gasteiger partial charge in [0.25, 0.3) is 0 Å². The molecule has 1 aliphatic rings. The summed E-state index contributed by atoms with van der Waals surface area (Å²) in [5.41, 5.74) is 1.16. The molecular weight excluding hydrogens is 222 g/mol. The largest absolute Gasteiger partial charge is 0.356 e. The predicted molar refractivity (Wildman–Crippen MR) is 75.9 cm³/mol. The number of anilines is 1. The van der Waals surface area contributed by atoms with Gasteiger partial charge in [-0.2, -0.15) is 0 Å². The van der Waals surface area contributed by atoms with Gasteiger partial charge in [-0.15, -0.1) is 0 Å². The van der Waals surface area contributed by atoms with Crippen LogP contribution in [0.3, 0.4) is 0 Å². The summed E-state index contributed by atoms with van der Waals surface area (Å²) in [7, 11) is 0. The first-order valence-electron chi connectivity index (χ1n) is 7.18. The molecule has 0 aliphatic carbocycles. The average molecular weight is 247 g/mol. The van der Waals surface area contributed by atoms with Crippen LogP contribution in [0.25, 0.3) is 0 Å². The normalized spacial score (nSPS) is 25.0. The summed E-state index contributed by atoms with van der Waals surface area (Å²) in [6.07, 6.45) is 3.59. The van der Waals surface area contributed by atoms with Gasteiger partial charge >= 0.3 is 0 Å². The van der Waals surface area contributed by atoms with Crippen LogP contribution in [0.1, 0.15) is 45.1 Å². The van der Waals surface area contributed by atoms with Crippen LogP contribution in [-0.2, 0) is 6.42 Å². The molecule has 1 saturated heterocycles. The van der Waals surface area contributed by atoms with E-state index in [4.69, 9.17) is 0 Å². The van der Waals surface area contributed by atoms with Crippen molar-refractivity contribution < 1.29 is 0 Å². The highest BCUT2D eigenvalue weighted by molar-refractivity contribution is 5.40. The molecule has 1 aromatic heterocycles. The fourth-order valence-corrected chi connectivity index (χ4v) is 2.89. The summed E-state index contributed by atoms with van der Waals surface area (Å²) < 4.78 is 0. The van der Waals surface area contributed by atoms with Crippen LogP contribution in [0.15, 0.2) is 6.07 Å². The van der Waals surface area contributed by atoms with E-state index in [2.05, 4.69) is 41.7 Å². The molecule has 0 radical (unpaired) electrons. The molecule has 0 bridgehead atoms. The minimum atomic E-state index is 0.753. The van der Waals surface area contributed by atoms with Crippen molar-refractivity contribution in [3.8, 4) is 0 Å². The molecule has 1 fully saturated rings. The summed E-state index contributed by atoms with van der Waals surface area (Å²) in [5.74, 6) is 3.61. The van der Waals surface area contributed by atoms with Crippen LogP contribution in [-0.4, -0.2) is 23.1 Å². The lowest BCUT2D eigenvalue weighted by Crippen LogP contribution is -2.28. The van der Waals surface area contributed by atoms with E-state index in [1.165, 1.54) is 12.8 Å². The number of nitrogens with zero attached hydrogens (tertiary/aromatic N) is 3. The summed E-state index contributed by atoms with van der Waals surface area (Å²) in [4.78, 5) is 11.5. The highest BCUT2D eigenvalue weighted by Gasteiger charge is 2.20. The van der Waals surface area contributed by atoms with Crippen molar-refractivity contribution in [3.63, 3.8) is 0 Å². The zero-order valence-electron chi connectivity index (χ0n) is 12.1. The van der Waals surface area contributed by atoms with Gasteiger partial charge in [0.05, 0.1) is 0 Å². The minimum Gasteiger partial charge on any atom is -0.356 e. The Hall–Kier alpha value is -1.12. The Morgan fingerprint density at radius 2 is 2.06 bits per heavy atom. The number of hydrogen-bond acceptors (Lipinski definition) is 3. The maximum Gasteiger partial charge on any atom is 0.132 e. The fourth-order valence-electron chi connectivity index (χ4n) is 2.89. The molecule has 0 amide bonds. The molecule has 1 aromatic rings. The van der Waals surface area contributed by atoms with Crippen LogP contribution in [0, 0.1) is 18.8 Å². The Morgan fingerprint density at radius 3 is 2.78 bits per heavy atom. The Morgan fingerprint density at radius 1 is 1.28 bits per heavy atom. The monoisotopic (exact) mass is 247 g/mol. The third kappa shape index (κ3) is 3.21. The maximum atomic E-state index is 4.62. The van der Waals surface area contributed by atoms with Crippen molar-refractivity contribution in [2.75, 3.05) is 18.0 Å². The SMILES string of the molecule is CCc1cc(N2CCC(C)CC(C)C2)nc(C)n1. The van der Waals surface area contributed by atoms with Gasteiger partial charge in [-0.05, 0) is 38.0 Å². The fraction of sp³-hybridized carbons (Fsp3) is 0.733. The molecule has 100 valence electrons. The van der Waals surface area contributed by atoms with Gasteiger partial charge < -0.3 is 4.90 Å². The van der Waals surface area contributed by atoms with Gasteiger partial charge in [0, 0.05) is 24.8 Å². The number of aryl methyl sites for hydroxylation is 2. The number of hydrogen-bond donors (Lipinski definition) is 0. The van der Waals surface area contributed by atoms with Gasteiger partial charge in [0.2, 0.25) is 0 Å². The molecule has 1 aliphatic heterocycles. The third-order valence-corrected chi connectivity index (χ3v) is 3.79. The molecule has 0 aromatic carbocycles. The highest BCUT2D eigenvalue weighted by atomic mass is 15.2. The molecule has 2 atom stereocenters. The van der Waals surface area contributed by atoms with Crippen molar-refractivity contribution >= 4 is 5.82 Å². The lowest BCUT2D eigenvalue weighted by atomic mass is 9.97. The molecule has 0 N–H and O–H groups in total. The zero-order valence-corrected chi connectivity index (χ0v) is 12.1. The minimum absolute atomic E-state index is 0.753. The van der Waals surface area contributed by atoms with E-state index in [9.17, 15) is 0 Å². The molecule has 3 nitrogen and oxygen atoms in total. The average Bonchev–Trinajstić information content (AvgIpc) is 2.49. The molecule has 0 spiro atoms. The lowest BCUT2D eigenvalue weighted by molar-refractivity contribution is 0.442. The van der Waals surface area contributed by atoms with E-state index in [-0.39, 0.29) is 0 Å². The first-order valence-corrected chi connectivity index (χ1v) is 7.18. The van der Waals surface area contributed by atoms with Crippen LogP contribution < -0.4 is 4.90 Å². The van der Waals surface area contributed by atoms with Gasteiger partial charge in [-0.1, -0.05) is 20.8 Å². The van der Waals surface area contributed by atoms with E-state index in [0.717, 1.165) is 48.7 Å². The van der Waals surface area contributed by atoms with E-state index in [1.807, 2.05) is 6.92 Å². The van der Waals surface area contributed by atoms with E-state index in [1.54, 1.807) is 0 Å². The molecule has 2 unspecified atom stereocenters. The van der Waals surface area contributed by atoms with E-state index < -0.39 is 0 Å². The lowest BCUT2D eigenvalue weighted by Gasteiger charge is -2.24. The second-order valence-corrected chi connectivity index (χ2v) is 5.80. The zero-order chi connectivity index (χ0) is 13.1. The first kappa shape index (κ1) is 13.3. The Bertz CT molecular complexity index is 403. The Labute approximate surface area is 111 Å². The first-order chi connectivity index (χ1) is 8.58. The van der Waals surface area contributed by atoms with Crippen LogP contribution in [0.4, 0.5) is 5.82 Å². The smallest absolute Gasteiger partial charge is 0.132 e. The summed E-state index contributed by atoms with van der Waals surface area (Å²) in [6.45, 7) is 11.1. The second-order valence-electron chi connectivity index (χ2n) is 5.80. The standard InChI is InChI=1S/C15H25N3/c1-5-14-9-15(17-13(4)16-14)18-7-6-11(2)8-12(3)10-18/h9,11-12H,5-8,10H2,1-4H3.